The Kier molecular flexibility index (Phi) is 3.32. The molecule has 1 rings (SSSR count). The summed E-state index contributed by atoms with van der Waals surface area (Å²) in [6, 6.07) is 0. The van der Waals surface area contributed by atoms with E-state index in [0.29, 0.717) is 23.3 Å². The Bertz CT molecular complexity index is 330. The van der Waals surface area contributed by atoms with Gasteiger partial charge in [-0.3, -0.25) is 0 Å². The summed E-state index contributed by atoms with van der Waals surface area (Å²) in [7, 11) is 0. The van der Waals surface area contributed by atoms with E-state index in [0.717, 1.165) is 0 Å². The van der Waals surface area contributed by atoms with Crippen molar-refractivity contribution in [1.82, 2.24) is 9.97 Å². The van der Waals surface area contributed by atoms with Gasteiger partial charge in [0.1, 0.15) is 5.82 Å². The van der Waals surface area contributed by atoms with Crippen LogP contribution in [0.15, 0.2) is 10.7 Å². The number of hydrogen-bond acceptors (Lipinski definition) is 4. The van der Waals surface area contributed by atoms with Crippen molar-refractivity contribution < 1.29 is 9.90 Å². The fraction of sp³-hybridized carbons (Fsp3) is 0.286. The predicted octanol–water partition coefficient (Wildman–Crippen LogP) is 0.438. The van der Waals surface area contributed by atoms with Crippen molar-refractivity contribution in [1.29, 1.82) is 0 Å². The lowest BCUT2D eigenvalue weighted by molar-refractivity contribution is 0.0688. The van der Waals surface area contributed by atoms with Gasteiger partial charge in [-0.05, 0) is 22.5 Å². The van der Waals surface area contributed by atoms with Gasteiger partial charge in [0, 0.05) is 12.6 Å². The molecule has 5 nitrogen and oxygen atoms in total. The second kappa shape index (κ2) is 4.29. The van der Waals surface area contributed by atoms with Crippen LogP contribution < -0.4 is 5.73 Å². The van der Waals surface area contributed by atoms with Crippen molar-refractivity contribution in [2.24, 2.45) is 5.73 Å². The SMILES string of the molecule is NCCc1ncc(Br)c(C(=O)O)n1. The van der Waals surface area contributed by atoms with Crippen molar-refractivity contribution in [2.45, 2.75) is 6.42 Å². The quantitative estimate of drug-likeness (QED) is 0.807. The molecule has 0 radical (unpaired) electrons. The van der Waals surface area contributed by atoms with E-state index >= 15 is 0 Å². The van der Waals surface area contributed by atoms with Gasteiger partial charge in [-0.1, -0.05) is 0 Å². The first-order chi connectivity index (χ1) is 6.15. The van der Waals surface area contributed by atoms with E-state index in [2.05, 4.69) is 25.9 Å². The summed E-state index contributed by atoms with van der Waals surface area (Å²) in [6.07, 6.45) is 1.90. The highest BCUT2D eigenvalue weighted by Gasteiger charge is 2.11. The number of halogens is 1. The first-order valence-corrected chi connectivity index (χ1v) is 4.39. The summed E-state index contributed by atoms with van der Waals surface area (Å²) >= 11 is 3.05. The van der Waals surface area contributed by atoms with Crippen LogP contribution in [0, 0.1) is 0 Å². The maximum absolute atomic E-state index is 10.6. The molecule has 6 heteroatoms. The third kappa shape index (κ3) is 2.46. The van der Waals surface area contributed by atoms with E-state index in [4.69, 9.17) is 10.8 Å². The fourth-order valence-electron chi connectivity index (χ4n) is 0.803. The molecule has 1 aromatic heterocycles. The lowest BCUT2D eigenvalue weighted by Gasteiger charge is -2.00. The van der Waals surface area contributed by atoms with Gasteiger partial charge in [0.2, 0.25) is 0 Å². The minimum atomic E-state index is -1.08. The number of nitrogens with zero attached hydrogens (tertiary/aromatic N) is 2. The normalized spacial score (nSPS) is 10.0. The van der Waals surface area contributed by atoms with Gasteiger partial charge in [0.05, 0.1) is 4.47 Å². The zero-order valence-corrected chi connectivity index (χ0v) is 8.28. The minimum Gasteiger partial charge on any atom is -0.476 e. The standard InChI is InChI=1S/C7H8BrN3O2/c8-4-3-10-5(1-2-9)11-6(4)7(12)13/h3H,1-2,9H2,(H,12,13). The maximum atomic E-state index is 10.6. The van der Waals surface area contributed by atoms with Gasteiger partial charge in [0.15, 0.2) is 5.69 Å². The molecule has 0 bridgehead atoms. The molecule has 0 saturated heterocycles. The molecular weight excluding hydrogens is 238 g/mol. The van der Waals surface area contributed by atoms with Crippen LogP contribution >= 0.6 is 15.9 Å². The van der Waals surface area contributed by atoms with E-state index in [-0.39, 0.29) is 5.69 Å². The molecule has 3 N–H and O–H groups in total. The minimum absolute atomic E-state index is 0.0292. The Morgan fingerprint density at radius 3 is 2.92 bits per heavy atom. The summed E-state index contributed by atoms with van der Waals surface area (Å²) in [5.41, 5.74) is 5.26. The first-order valence-electron chi connectivity index (χ1n) is 3.60. The Hall–Kier alpha value is -1.01. The molecule has 13 heavy (non-hydrogen) atoms. The topological polar surface area (TPSA) is 89.1 Å². The third-order valence-electron chi connectivity index (χ3n) is 1.36. The van der Waals surface area contributed by atoms with Crippen LogP contribution in [0.3, 0.4) is 0 Å². The molecule has 0 amide bonds. The zero-order valence-electron chi connectivity index (χ0n) is 6.70. The Labute approximate surface area is 83.1 Å². The number of rotatable bonds is 3. The molecule has 1 aromatic rings. The number of aromatic carboxylic acids is 1. The van der Waals surface area contributed by atoms with Crippen LogP contribution in [0.2, 0.25) is 0 Å². The highest BCUT2D eigenvalue weighted by molar-refractivity contribution is 9.10. The third-order valence-corrected chi connectivity index (χ3v) is 1.94. The molecule has 0 aliphatic rings. The van der Waals surface area contributed by atoms with Crippen molar-refractivity contribution in [2.75, 3.05) is 6.54 Å². The Balaban J connectivity index is 3.04. The Morgan fingerprint density at radius 2 is 2.38 bits per heavy atom. The first kappa shape index (κ1) is 10.1. The van der Waals surface area contributed by atoms with Crippen LogP contribution in [0.5, 0.6) is 0 Å². The number of aromatic nitrogens is 2. The van der Waals surface area contributed by atoms with Crippen LogP contribution in [-0.4, -0.2) is 27.6 Å². The zero-order chi connectivity index (χ0) is 9.84. The Morgan fingerprint density at radius 1 is 1.69 bits per heavy atom. The molecule has 70 valence electrons. The monoisotopic (exact) mass is 245 g/mol. The molecule has 0 atom stereocenters. The van der Waals surface area contributed by atoms with Crippen molar-refractivity contribution in [3.63, 3.8) is 0 Å². The van der Waals surface area contributed by atoms with Gasteiger partial charge < -0.3 is 10.8 Å². The highest BCUT2D eigenvalue weighted by atomic mass is 79.9. The number of carbonyl (C=O) groups is 1. The molecule has 0 saturated carbocycles. The summed E-state index contributed by atoms with van der Waals surface area (Å²) in [4.78, 5) is 18.4. The molecule has 0 spiro atoms. The smallest absolute Gasteiger partial charge is 0.355 e. The fourth-order valence-corrected chi connectivity index (χ4v) is 1.16. The van der Waals surface area contributed by atoms with E-state index in [1.165, 1.54) is 6.20 Å². The van der Waals surface area contributed by atoms with Crippen molar-refractivity contribution >= 4 is 21.9 Å². The number of carboxylic acids is 1. The number of hydrogen-bond donors (Lipinski definition) is 2. The van der Waals surface area contributed by atoms with Crippen LogP contribution in [0.25, 0.3) is 0 Å². The molecule has 1 heterocycles. The van der Waals surface area contributed by atoms with Crippen LogP contribution in [0.1, 0.15) is 16.3 Å². The molecule has 0 aliphatic heterocycles. The summed E-state index contributed by atoms with van der Waals surface area (Å²) in [6.45, 7) is 0.403. The molecular formula is C7H8BrN3O2. The van der Waals surface area contributed by atoms with Crippen molar-refractivity contribution in [3.05, 3.63) is 22.2 Å². The number of carboxylic acid groups (broad SMARTS) is 1. The molecule has 0 aromatic carbocycles. The number of nitrogens with two attached hydrogens (primary N) is 1. The summed E-state index contributed by atoms with van der Waals surface area (Å²) in [5, 5.41) is 8.71. The average molecular weight is 246 g/mol. The van der Waals surface area contributed by atoms with Gasteiger partial charge >= 0.3 is 5.97 Å². The lowest BCUT2D eigenvalue weighted by Crippen LogP contribution is -2.10. The van der Waals surface area contributed by atoms with E-state index in [9.17, 15) is 4.79 Å². The van der Waals surface area contributed by atoms with Gasteiger partial charge in [-0.25, -0.2) is 14.8 Å². The van der Waals surface area contributed by atoms with Crippen molar-refractivity contribution in [3.8, 4) is 0 Å². The van der Waals surface area contributed by atoms with Crippen LogP contribution in [-0.2, 0) is 6.42 Å². The van der Waals surface area contributed by atoms with E-state index in [1.807, 2.05) is 0 Å². The van der Waals surface area contributed by atoms with E-state index < -0.39 is 5.97 Å². The summed E-state index contributed by atoms with van der Waals surface area (Å²) in [5.74, 6) is -0.629. The molecule has 0 aliphatic carbocycles. The molecule has 0 fully saturated rings. The maximum Gasteiger partial charge on any atom is 0.355 e. The predicted molar refractivity (Wildman–Crippen MR) is 49.4 cm³/mol. The van der Waals surface area contributed by atoms with Gasteiger partial charge in [0.25, 0.3) is 0 Å². The molecule has 0 unspecified atom stereocenters. The summed E-state index contributed by atoms with van der Waals surface area (Å²) < 4.78 is 0.376. The van der Waals surface area contributed by atoms with Gasteiger partial charge in [-0.2, -0.15) is 0 Å². The average Bonchev–Trinajstić information content (AvgIpc) is 2.08. The second-order valence-electron chi connectivity index (χ2n) is 2.33. The second-order valence-corrected chi connectivity index (χ2v) is 3.18. The lowest BCUT2D eigenvalue weighted by atomic mass is 10.3. The van der Waals surface area contributed by atoms with Crippen LogP contribution in [0.4, 0.5) is 0 Å². The largest absolute Gasteiger partial charge is 0.476 e. The highest BCUT2D eigenvalue weighted by Crippen LogP contribution is 2.12. The van der Waals surface area contributed by atoms with E-state index in [1.54, 1.807) is 0 Å². The van der Waals surface area contributed by atoms with Gasteiger partial charge in [-0.15, -0.1) is 0 Å².